The number of hydrogen-bond acceptors (Lipinski definition) is 6. The maximum absolute atomic E-state index is 14.9. The van der Waals surface area contributed by atoms with E-state index in [1.807, 2.05) is 26.0 Å². The molecule has 5 nitrogen and oxygen atoms in total. The van der Waals surface area contributed by atoms with Gasteiger partial charge in [-0.3, -0.25) is 4.79 Å². The molecule has 1 aliphatic carbocycles. The Bertz CT molecular complexity index is 1300. The van der Waals surface area contributed by atoms with Gasteiger partial charge in [-0.05, 0) is 55.5 Å². The van der Waals surface area contributed by atoms with Gasteiger partial charge in [0, 0.05) is 16.0 Å². The summed E-state index contributed by atoms with van der Waals surface area (Å²) in [7, 11) is 1.62. The van der Waals surface area contributed by atoms with Crippen LogP contribution in [-0.2, 0) is 16.1 Å². The van der Waals surface area contributed by atoms with Crippen molar-refractivity contribution in [2.45, 2.75) is 45.8 Å². The van der Waals surface area contributed by atoms with Gasteiger partial charge in [0.2, 0.25) is 0 Å². The predicted molar refractivity (Wildman–Crippen MR) is 142 cm³/mol. The van der Waals surface area contributed by atoms with Gasteiger partial charge in [-0.15, -0.1) is 17.8 Å². The summed E-state index contributed by atoms with van der Waals surface area (Å²) in [5.41, 5.74) is 3.74. The Morgan fingerprint density at radius 2 is 2.11 bits per heavy atom. The second-order valence-electron chi connectivity index (χ2n) is 8.99. The van der Waals surface area contributed by atoms with Crippen LogP contribution in [0.2, 0.25) is 5.02 Å². The summed E-state index contributed by atoms with van der Waals surface area (Å²) >= 11 is 8.15. The molecule has 0 unspecified atom stereocenters. The topological polar surface area (TPSA) is 51.7 Å². The van der Waals surface area contributed by atoms with Gasteiger partial charge >= 0.3 is 0 Å². The number of nitrogens with zero attached hydrogens (tertiary/aromatic N) is 2. The van der Waals surface area contributed by atoms with Crippen molar-refractivity contribution in [1.82, 2.24) is 4.98 Å². The van der Waals surface area contributed by atoms with Crippen LogP contribution in [0.5, 0.6) is 5.75 Å². The SMILES string of the molecule is C#CCN(c1nc(-c2cc(C)c(OC)cc2Cl)c(C)s1)[C@@H](CC1CC1)c1ccc(COC=O)c(F)c1. The molecule has 1 fully saturated rings. The molecule has 0 amide bonds. The molecule has 0 spiro atoms. The molecular formula is C28H28ClFN2O3S. The standard InChI is InChI=1S/C28H28ClFN2O3S/c1-5-10-32(25(12-19-6-7-19)20-8-9-21(15-35-16-33)24(30)13-20)28-31-27(18(3)36-28)22-11-17(2)26(34-4)14-23(22)29/h1,8-9,11,13-14,16,19,25H,6-7,10,12,15H2,2-4H3/t25-/m0/s1. The number of carbonyl (C=O) groups is 1. The number of aryl methyl sites for hydroxylation is 2. The zero-order valence-corrected chi connectivity index (χ0v) is 22.1. The Labute approximate surface area is 220 Å². The van der Waals surface area contributed by atoms with Crippen LogP contribution in [0.3, 0.4) is 0 Å². The van der Waals surface area contributed by atoms with E-state index in [-0.39, 0.29) is 12.6 Å². The van der Waals surface area contributed by atoms with E-state index in [9.17, 15) is 9.18 Å². The van der Waals surface area contributed by atoms with E-state index in [1.165, 1.54) is 6.07 Å². The molecule has 1 aliphatic rings. The molecule has 1 atom stereocenters. The third-order valence-corrected chi connectivity index (χ3v) is 7.75. The lowest BCUT2D eigenvalue weighted by Gasteiger charge is -2.31. The minimum absolute atomic E-state index is 0.103. The first-order valence-electron chi connectivity index (χ1n) is 11.7. The highest BCUT2D eigenvalue weighted by molar-refractivity contribution is 7.16. The Morgan fingerprint density at radius 3 is 2.75 bits per heavy atom. The summed E-state index contributed by atoms with van der Waals surface area (Å²) in [6, 6.07) is 8.71. The van der Waals surface area contributed by atoms with E-state index >= 15 is 0 Å². The molecule has 2 aromatic carbocycles. The number of halogens is 2. The maximum atomic E-state index is 14.9. The number of anilines is 1. The second-order valence-corrected chi connectivity index (χ2v) is 10.6. The van der Waals surface area contributed by atoms with Crippen molar-refractivity contribution < 1.29 is 18.7 Å². The number of hydrogen-bond donors (Lipinski definition) is 0. The first kappa shape index (κ1) is 26.0. The number of benzene rings is 2. The maximum Gasteiger partial charge on any atom is 0.293 e. The van der Waals surface area contributed by atoms with Gasteiger partial charge in [-0.1, -0.05) is 42.5 Å². The fourth-order valence-corrected chi connectivity index (χ4v) is 5.57. The lowest BCUT2D eigenvalue weighted by atomic mass is 9.98. The summed E-state index contributed by atoms with van der Waals surface area (Å²) in [5, 5.41) is 1.33. The molecule has 0 aliphatic heterocycles. The van der Waals surface area contributed by atoms with Crippen molar-refractivity contribution in [3.8, 4) is 29.4 Å². The number of methoxy groups -OCH3 is 1. The van der Waals surface area contributed by atoms with Crippen molar-refractivity contribution in [3.63, 3.8) is 0 Å². The van der Waals surface area contributed by atoms with Crippen molar-refractivity contribution in [2.24, 2.45) is 5.92 Å². The smallest absolute Gasteiger partial charge is 0.293 e. The zero-order valence-electron chi connectivity index (χ0n) is 20.5. The number of rotatable bonds is 11. The lowest BCUT2D eigenvalue weighted by Crippen LogP contribution is -2.29. The van der Waals surface area contributed by atoms with Crippen molar-refractivity contribution in [2.75, 3.05) is 18.6 Å². The molecule has 1 aromatic heterocycles. The Kier molecular flexibility index (Phi) is 8.17. The summed E-state index contributed by atoms with van der Waals surface area (Å²) < 4.78 is 25.0. The molecule has 36 heavy (non-hydrogen) atoms. The predicted octanol–water partition coefficient (Wildman–Crippen LogP) is 6.88. The minimum atomic E-state index is -0.410. The summed E-state index contributed by atoms with van der Waals surface area (Å²) in [4.78, 5) is 18.6. The van der Waals surface area contributed by atoms with Crippen LogP contribution >= 0.6 is 22.9 Å². The van der Waals surface area contributed by atoms with Crippen LogP contribution in [0.25, 0.3) is 11.3 Å². The van der Waals surface area contributed by atoms with Crippen LogP contribution in [0.1, 0.15) is 46.9 Å². The fraction of sp³-hybridized carbons (Fsp3) is 0.357. The van der Waals surface area contributed by atoms with Gasteiger partial charge in [0.15, 0.2) is 5.13 Å². The van der Waals surface area contributed by atoms with Crippen molar-refractivity contribution in [3.05, 3.63) is 62.7 Å². The van der Waals surface area contributed by atoms with Crippen LogP contribution in [0.4, 0.5) is 9.52 Å². The molecule has 0 saturated heterocycles. The van der Waals surface area contributed by atoms with E-state index < -0.39 is 5.82 Å². The second kappa shape index (κ2) is 11.3. The third kappa shape index (κ3) is 5.66. The van der Waals surface area contributed by atoms with E-state index in [1.54, 1.807) is 30.6 Å². The van der Waals surface area contributed by atoms with E-state index in [4.69, 9.17) is 32.5 Å². The van der Waals surface area contributed by atoms with E-state index in [2.05, 4.69) is 10.8 Å². The van der Waals surface area contributed by atoms with E-state index in [0.717, 1.165) is 57.4 Å². The number of ether oxygens (including phenoxy) is 2. The summed E-state index contributed by atoms with van der Waals surface area (Å²) in [6.07, 6.45) is 8.94. The van der Waals surface area contributed by atoms with Gasteiger partial charge in [0.05, 0.1) is 30.4 Å². The molecular weight excluding hydrogens is 499 g/mol. The number of aromatic nitrogens is 1. The minimum Gasteiger partial charge on any atom is -0.496 e. The normalized spacial score (nSPS) is 13.7. The first-order chi connectivity index (χ1) is 17.4. The Morgan fingerprint density at radius 1 is 1.33 bits per heavy atom. The molecule has 0 N–H and O–H groups in total. The van der Waals surface area contributed by atoms with Gasteiger partial charge < -0.3 is 14.4 Å². The van der Waals surface area contributed by atoms with Crippen LogP contribution in [0, 0.1) is 37.9 Å². The molecule has 1 heterocycles. The highest BCUT2D eigenvalue weighted by Gasteiger charge is 2.32. The molecule has 3 aromatic rings. The molecule has 4 rings (SSSR count). The van der Waals surface area contributed by atoms with Gasteiger partial charge in [0.25, 0.3) is 6.47 Å². The molecule has 1 saturated carbocycles. The molecule has 8 heteroatoms. The Balaban J connectivity index is 1.73. The average molecular weight is 527 g/mol. The molecule has 0 bridgehead atoms. The van der Waals surface area contributed by atoms with E-state index in [0.29, 0.717) is 29.5 Å². The number of carbonyl (C=O) groups excluding carboxylic acids is 1. The first-order valence-corrected chi connectivity index (χ1v) is 12.9. The van der Waals surface area contributed by atoms with Crippen LogP contribution in [0.15, 0.2) is 30.3 Å². The van der Waals surface area contributed by atoms with Gasteiger partial charge in [-0.2, -0.15) is 0 Å². The average Bonchev–Trinajstić information content (AvgIpc) is 3.61. The Hall–Kier alpha value is -3.08. The molecule has 0 radical (unpaired) electrons. The largest absolute Gasteiger partial charge is 0.496 e. The number of thiazole rings is 1. The highest BCUT2D eigenvalue weighted by atomic mass is 35.5. The fourth-order valence-electron chi connectivity index (χ4n) is 4.35. The molecule has 188 valence electrons. The monoisotopic (exact) mass is 526 g/mol. The van der Waals surface area contributed by atoms with Crippen molar-refractivity contribution >= 4 is 34.5 Å². The van der Waals surface area contributed by atoms with Gasteiger partial charge in [-0.25, -0.2) is 9.37 Å². The lowest BCUT2D eigenvalue weighted by molar-refractivity contribution is -0.129. The zero-order chi connectivity index (χ0) is 25.8. The van der Waals surface area contributed by atoms with Crippen molar-refractivity contribution in [1.29, 1.82) is 0 Å². The summed E-state index contributed by atoms with van der Waals surface area (Å²) in [6.45, 7) is 4.52. The quantitative estimate of drug-likeness (QED) is 0.201. The summed E-state index contributed by atoms with van der Waals surface area (Å²) in [5.74, 6) is 3.64. The van der Waals surface area contributed by atoms with Crippen LogP contribution in [-0.4, -0.2) is 25.1 Å². The highest BCUT2D eigenvalue weighted by Crippen LogP contribution is 2.44. The third-order valence-electron chi connectivity index (χ3n) is 6.43. The van der Waals surface area contributed by atoms with Crippen LogP contribution < -0.4 is 9.64 Å². The van der Waals surface area contributed by atoms with Gasteiger partial charge in [0.1, 0.15) is 18.2 Å². The number of terminal acetylenes is 1.